The van der Waals surface area contributed by atoms with Crippen molar-refractivity contribution in [3.05, 3.63) is 89.5 Å². The normalized spacial score (nSPS) is 12.8. The van der Waals surface area contributed by atoms with Gasteiger partial charge >= 0.3 is 0 Å². The summed E-state index contributed by atoms with van der Waals surface area (Å²) in [7, 11) is 0. The molecule has 0 aliphatic heterocycles. The van der Waals surface area contributed by atoms with E-state index in [-0.39, 0.29) is 17.7 Å². The van der Waals surface area contributed by atoms with Gasteiger partial charge in [-0.05, 0) is 61.2 Å². The van der Waals surface area contributed by atoms with Crippen molar-refractivity contribution in [3.8, 4) is 5.75 Å². The lowest BCUT2D eigenvalue weighted by molar-refractivity contribution is -0.117. The zero-order chi connectivity index (χ0) is 21.6. The smallest absolute Gasteiger partial charge is 0.255 e. The Kier molecular flexibility index (Phi) is 6.32. The van der Waals surface area contributed by atoms with Crippen molar-refractivity contribution in [3.63, 3.8) is 0 Å². The van der Waals surface area contributed by atoms with Crippen molar-refractivity contribution in [2.75, 3.05) is 17.2 Å². The van der Waals surface area contributed by atoms with E-state index in [1.54, 1.807) is 12.1 Å². The van der Waals surface area contributed by atoms with Gasteiger partial charge in [0.1, 0.15) is 5.75 Å². The summed E-state index contributed by atoms with van der Waals surface area (Å²) < 4.78 is 5.84. The largest absolute Gasteiger partial charge is 0.493 e. The molecule has 3 aromatic carbocycles. The van der Waals surface area contributed by atoms with Gasteiger partial charge in [-0.25, -0.2) is 0 Å². The molecule has 1 aliphatic carbocycles. The highest BCUT2D eigenvalue weighted by molar-refractivity contribution is 6.05. The zero-order valence-corrected chi connectivity index (χ0v) is 17.6. The van der Waals surface area contributed by atoms with Crippen LogP contribution in [-0.4, -0.2) is 18.4 Å². The molecule has 2 amide bonds. The van der Waals surface area contributed by atoms with Crippen molar-refractivity contribution in [2.45, 2.75) is 26.2 Å². The predicted molar refractivity (Wildman–Crippen MR) is 123 cm³/mol. The molecule has 0 aromatic heterocycles. The highest BCUT2D eigenvalue weighted by Gasteiger charge is 2.29. The molecule has 3 aromatic rings. The summed E-state index contributed by atoms with van der Waals surface area (Å²) in [5.41, 5.74) is 3.96. The second-order valence-corrected chi connectivity index (χ2v) is 7.81. The van der Waals surface area contributed by atoms with Gasteiger partial charge < -0.3 is 15.4 Å². The number of rotatable bonds is 8. The summed E-state index contributed by atoms with van der Waals surface area (Å²) in [5.74, 6) is 0.613. The second kappa shape index (κ2) is 9.47. The quantitative estimate of drug-likeness (QED) is 0.531. The Morgan fingerprint density at radius 1 is 0.903 bits per heavy atom. The van der Waals surface area contributed by atoms with Crippen LogP contribution in [0.3, 0.4) is 0 Å². The Morgan fingerprint density at radius 2 is 1.61 bits per heavy atom. The van der Waals surface area contributed by atoms with Gasteiger partial charge in [0.15, 0.2) is 0 Å². The summed E-state index contributed by atoms with van der Waals surface area (Å²) >= 11 is 0. The molecule has 31 heavy (non-hydrogen) atoms. The van der Waals surface area contributed by atoms with Crippen LogP contribution < -0.4 is 15.4 Å². The molecule has 1 aliphatic rings. The van der Waals surface area contributed by atoms with Gasteiger partial charge in [0.2, 0.25) is 5.91 Å². The molecule has 4 rings (SSSR count). The van der Waals surface area contributed by atoms with E-state index in [2.05, 4.69) is 22.8 Å². The van der Waals surface area contributed by atoms with E-state index in [1.807, 2.05) is 55.5 Å². The first-order chi connectivity index (χ1) is 15.1. The Hall–Kier alpha value is -3.60. The number of anilines is 2. The van der Waals surface area contributed by atoms with Crippen LogP contribution in [0.2, 0.25) is 0 Å². The minimum absolute atomic E-state index is 0.0481. The topological polar surface area (TPSA) is 67.4 Å². The van der Waals surface area contributed by atoms with Crippen LogP contribution >= 0.6 is 0 Å². The van der Waals surface area contributed by atoms with E-state index in [0.29, 0.717) is 23.6 Å². The van der Waals surface area contributed by atoms with Crippen molar-refractivity contribution in [1.82, 2.24) is 0 Å². The molecule has 158 valence electrons. The number of carbonyl (C=O) groups excluding carboxylic acids is 2. The number of hydrogen-bond acceptors (Lipinski definition) is 3. The summed E-state index contributed by atoms with van der Waals surface area (Å²) in [5, 5.41) is 5.91. The van der Waals surface area contributed by atoms with E-state index in [0.717, 1.165) is 30.5 Å². The third-order valence-electron chi connectivity index (χ3n) is 5.39. The fourth-order valence-electron chi connectivity index (χ4n) is 3.34. The lowest BCUT2D eigenvalue weighted by atomic mass is 10.1. The third kappa shape index (κ3) is 5.51. The van der Waals surface area contributed by atoms with Crippen LogP contribution in [0.4, 0.5) is 11.4 Å². The van der Waals surface area contributed by atoms with Crippen LogP contribution in [-0.2, 0) is 11.2 Å². The molecule has 0 spiro atoms. The fraction of sp³-hybridized carbons (Fsp3) is 0.231. The van der Waals surface area contributed by atoms with Gasteiger partial charge in [0, 0.05) is 29.3 Å². The van der Waals surface area contributed by atoms with Crippen molar-refractivity contribution in [1.29, 1.82) is 0 Å². The molecule has 0 unspecified atom stereocenters. The van der Waals surface area contributed by atoms with Gasteiger partial charge in [-0.15, -0.1) is 0 Å². The van der Waals surface area contributed by atoms with Gasteiger partial charge in [-0.2, -0.15) is 0 Å². The van der Waals surface area contributed by atoms with Crippen LogP contribution in [0.15, 0.2) is 72.8 Å². The van der Waals surface area contributed by atoms with Crippen LogP contribution in [0.5, 0.6) is 5.75 Å². The lowest BCUT2D eigenvalue weighted by Gasteiger charge is -2.14. The predicted octanol–water partition coefficient (Wildman–Crippen LogP) is 5.22. The van der Waals surface area contributed by atoms with E-state index in [1.165, 1.54) is 5.56 Å². The molecule has 2 N–H and O–H groups in total. The average molecular weight is 415 g/mol. The highest BCUT2D eigenvalue weighted by atomic mass is 16.5. The monoisotopic (exact) mass is 414 g/mol. The molecule has 5 heteroatoms. The average Bonchev–Trinajstić information content (AvgIpc) is 3.63. The molecule has 0 atom stereocenters. The van der Waals surface area contributed by atoms with E-state index >= 15 is 0 Å². The summed E-state index contributed by atoms with van der Waals surface area (Å²) in [6.45, 7) is 2.43. The summed E-state index contributed by atoms with van der Waals surface area (Å²) in [4.78, 5) is 24.9. The highest BCUT2D eigenvalue weighted by Crippen LogP contribution is 2.31. The van der Waals surface area contributed by atoms with E-state index < -0.39 is 0 Å². The third-order valence-corrected chi connectivity index (χ3v) is 5.39. The molecule has 1 saturated carbocycles. The van der Waals surface area contributed by atoms with Gasteiger partial charge in [0.05, 0.1) is 6.61 Å². The van der Waals surface area contributed by atoms with Crippen LogP contribution in [0.25, 0.3) is 0 Å². The van der Waals surface area contributed by atoms with E-state index in [9.17, 15) is 9.59 Å². The number of nitrogens with one attached hydrogen (secondary N) is 2. The SMILES string of the molecule is Cc1c(NC(=O)c2cccc(OCCc3ccccc3)c2)cccc1NC(=O)C1CC1. The Bertz CT molecular complexity index is 1080. The second-order valence-electron chi connectivity index (χ2n) is 7.81. The Morgan fingerprint density at radius 3 is 2.35 bits per heavy atom. The molecule has 5 nitrogen and oxygen atoms in total. The van der Waals surface area contributed by atoms with Crippen molar-refractivity contribution < 1.29 is 14.3 Å². The molecule has 0 heterocycles. The number of carbonyl (C=O) groups is 2. The number of benzene rings is 3. The Balaban J connectivity index is 1.38. The van der Waals surface area contributed by atoms with E-state index in [4.69, 9.17) is 4.74 Å². The van der Waals surface area contributed by atoms with Crippen LogP contribution in [0.1, 0.15) is 34.3 Å². The minimum Gasteiger partial charge on any atom is -0.493 e. The molecule has 0 bridgehead atoms. The molecule has 0 radical (unpaired) electrons. The maximum absolute atomic E-state index is 12.8. The fourth-order valence-corrected chi connectivity index (χ4v) is 3.34. The van der Waals surface area contributed by atoms with Crippen molar-refractivity contribution >= 4 is 23.2 Å². The standard InChI is InChI=1S/C26H26N2O3/c1-18-23(27-25(29)20-13-14-20)11-6-12-24(18)28-26(30)21-9-5-10-22(17-21)31-16-15-19-7-3-2-4-8-19/h2-12,17,20H,13-16H2,1H3,(H,27,29)(H,28,30). The summed E-state index contributed by atoms with van der Waals surface area (Å²) in [6.07, 6.45) is 2.70. The first-order valence-electron chi connectivity index (χ1n) is 10.6. The summed E-state index contributed by atoms with van der Waals surface area (Å²) in [6, 6.07) is 22.8. The first-order valence-corrected chi connectivity index (χ1v) is 10.6. The van der Waals surface area contributed by atoms with Gasteiger partial charge in [-0.1, -0.05) is 42.5 Å². The molecule has 0 saturated heterocycles. The van der Waals surface area contributed by atoms with Gasteiger partial charge in [0.25, 0.3) is 5.91 Å². The number of hydrogen-bond donors (Lipinski definition) is 2. The zero-order valence-electron chi connectivity index (χ0n) is 17.6. The molecular weight excluding hydrogens is 388 g/mol. The maximum Gasteiger partial charge on any atom is 0.255 e. The van der Waals surface area contributed by atoms with Gasteiger partial charge in [-0.3, -0.25) is 9.59 Å². The number of amides is 2. The number of ether oxygens (including phenoxy) is 1. The maximum atomic E-state index is 12.8. The molecule has 1 fully saturated rings. The van der Waals surface area contributed by atoms with Crippen LogP contribution in [0, 0.1) is 12.8 Å². The van der Waals surface area contributed by atoms with Crippen molar-refractivity contribution in [2.24, 2.45) is 5.92 Å². The Labute approximate surface area is 182 Å². The first kappa shape index (κ1) is 20.7. The lowest BCUT2D eigenvalue weighted by Crippen LogP contribution is -2.16. The molecular formula is C26H26N2O3. The minimum atomic E-state index is -0.220.